The molecule has 1 amide bonds. The van der Waals surface area contributed by atoms with Crippen LogP contribution in [0.15, 0.2) is 35.9 Å². The maximum Gasteiger partial charge on any atom is 0.261 e. The summed E-state index contributed by atoms with van der Waals surface area (Å²) in [5.41, 5.74) is 1.33. The molecule has 1 atom stereocenters. The fourth-order valence-corrected chi connectivity index (χ4v) is 2.59. The molecule has 1 aliphatic carbocycles. The lowest BCUT2D eigenvalue weighted by molar-refractivity contribution is -0.127. The van der Waals surface area contributed by atoms with Crippen molar-refractivity contribution in [2.24, 2.45) is 0 Å². The molecule has 1 aromatic carbocycles. The van der Waals surface area contributed by atoms with Crippen molar-refractivity contribution in [3.05, 3.63) is 40.9 Å². The number of nitrogens with one attached hydrogen (secondary N) is 1. The van der Waals surface area contributed by atoms with Gasteiger partial charge in [-0.15, -0.1) is 0 Å². The third-order valence-electron chi connectivity index (χ3n) is 3.61. The predicted molar refractivity (Wildman–Crippen MR) is 85.7 cm³/mol. The summed E-state index contributed by atoms with van der Waals surface area (Å²) < 4.78 is 5.73. The fourth-order valence-electron chi connectivity index (χ4n) is 2.41. The second-order valence-corrected chi connectivity index (χ2v) is 5.73. The lowest BCUT2D eigenvalue weighted by Crippen LogP contribution is -2.39. The Bertz CT molecular complexity index is 513. The van der Waals surface area contributed by atoms with Crippen LogP contribution in [0, 0.1) is 0 Å². The van der Waals surface area contributed by atoms with Crippen LogP contribution in [0.1, 0.15) is 39.0 Å². The first kappa shape index (κ1) is 15.9. The minimum absolute atomic E-state index is 0.0658. The number of ether oxygens (including phenoxy) is 1. The van der Waals surface area contributed by atoms with Gasteiger partial charge in [0.2, 0.25) is 0 Å². The van der Waals surface area contributed by atoms with Crippen LogP contribution in [-0.2, 0) is 4.79 Å². The Kier molecular flexibility index (Phi) is 6.12. The van der Waals surface area contributed by atoms with Crippen molar-refractivity contribution in [2.45, 2.75) is 45.1 Å². The number of hydrogen-bond acceptors (Lipinski definition) is 2. The Morgan fingerprint density at radius 2 is 2.29 bits per heavy atom. The van der Waals surface area contributed by atoms with E-state index in [0.29, 0.717) is 23.7 Å². The van der Waals surface area contributed by atoms with E-state index < -0.39 is 6.10 Å². The van der Waals surface area contributed by atoms with E-state index in [4.69, 9.17) is 16.3 Å². The lowest BCUT2D eigenvalue weighted by Gasteiger charge is -2.19. The minimum atomic E-state index is -0.479. The standard InChI is InChI=1S/C17H22ClNO2/c1-2-16(21-15-10-6-9-14(18)11-15)17(20)19-12-13-7-4-3-5-8-13/h6-7,9-11,16H,2-5,8,12H2,1H3,(H,19,20). The molecule has 114 valence electrons. The SMILES string of the molecule is CCC(Oc1cccc(Cl)c1)C(=O)NCC1=CCCCC1. The Morgan fingerprint density at radius 1 is 1.43 bits per heavy atom. The van der Waals surface area contributed by atoms with Gasteiger partial charge < -0.3 is 10.1 Å². The highest BCUT2D eigenvalue weighted by molar-refractivity contribution is 6.30. The molecular formula is C17H22ClNO2. The van der Waals surface area contributed by atoms with Crippen molar-refractivity contribution in [2.75, 3.05) is 6.54 Å². The number of allylic oxidation sites excluding steroid dienone is 1. The summed E-state index contributed by atoms with van der Waals surface area (Å²) in [6.07, 6.45) is 7.07. The first-order valence-corrected chi connectivity index (χ1v) is 7.94. The maximum absolute atomic E-state index is 12.2. The van der Waals surface area contributed by atoms with Crippen LogP contribution in [0.3, 0.4) is 0 Å². The van der Waals surface area contributed by atoms with E-state index in [0.717, 1.165) is 12.8 Å². The van der Waals surface area contributed by atoms with Gasteiger partial charge in [-0.2, -0.15) is 0 Å². The van der Waals surface area contributed by atoms with Gasteiger partial charge >= 0.3 is 0 Å². The van der Waals surface area contributed by atoms with Crippen LogP contribution in [0.4, 0.5) is 0 Å². The van der Waals surface area contributed by atoms with Crippen molar-refractivity contribution in [3.8, 4) is 5.75 Å². The van der Waals surface area contributed by atoms with E-state index in [-0.39, 0.29) is 5.91 Å². The van der Waals surface area contributed by atoms with Crippen LogP contribution in [-0.4, -0.2) is 18.6 Å². The van der Waals surface area contributed by atoms with Crippen molar-refractivity contribution in [1.82, 2.24) is 5.32 Å². The largest absolute Gasteiger partial charge is 0.481 e. The monoisotopic (exact) mass is 307 g/mol. The van der Waals surface area contributed by atoms with E-state index in [1.165, 1.54) is 18.4 Å². The molecular weight excluding hydrogens is 286 g/mol. The summed E-state index contributed by atoms with van der Waals surface area (Å²) in [6.45, 7) is 2.57. The third kappa shape index (κ3) is 5.09. The molecule has 1 aliphatic rings. The molecule has 0 bridgehead atoms. The first-order valence-electron chi connectivity index (χ1n) is 7.57. The van der Waals surface area contributed by atoms with Crippen LogP contribution in [0.25, 0.3) is 0 Å². The number of hydrogen-bond donors (Lipinski definition) is 1. The number of benzene rings is 1. The van der Waals surface area contributed by atoms with E-state index in [1.54, 1.807) is 12.1 Å². The zero-order chi connectivity index (χ0) is 15.1. The summed E-state index contributed by atoms with van der Waals surface area (Å²) in [7, 11) is 0. The van der Waals surface area contributed by atoms with Crippen molar-refractivity contribution >= 4 is 17.5 Å². The predicted octanol–water partition coefficient (Wildman–Crippen LogP) is 4.11. The molecule has 0 heterocycles. The van der Waals surface area contributed by atoms with Crippen molar-refractivity contribution in [1.29, 1.82) is 0 Å². The topological polar surface area (TPSA) is 38.3 Å². The molecule has 0 aliphatic heterocycles. The summed E-state index contributed by atoms with van der Waals surface area (Å²) in [4.78, 5) is 12.2. The molecule has 2 rings (SSSR count). The number of amides is 1. The zero-order valence-corrected chi connectivity index (χ0v) is 13.2. The lowest BCUT2D eigenvalue weighted by atomic mass is 10.00. The summed E-state index contributed by atoms with van der Waals surface area (Å²) in [5, 5.41) is 3.58. The van der Waals surface area contributed by atoms with Crippen LogP contribution >= 0.6 is 11.6 Å². The normalized spacial score (nSPS) is 16.0. The summed E-state index contributed by atoms with van der Waals surface area (Å²) in [6, 6.07) is 7.13. The highest BCUT2D eigenvalue weighted by Gasteiger charge is 2.18. The minimum Gasteiger partial charge on any atom is -0.481 e. The summed E-state index contributed by atoms with van der Waals surface area (Å²) in [5.74, 6) is 0.560. The maximum atomic E-state index is 12.2. The summed E-state index contributed by atoms with van der Waals surface area (Å²) >= 11 is 5.93. The molecule has 1 aromatic rings. The highest BCUT2D eigenvalue weighted by atomic mass is 35.5. The zero-order valence-electron chi connectivity index (χ0n) is 12.4. The molecule has 0 radical (unpaired) electrons. The quantitative estimate of drug-likeness (QED) is 0.803. The molecule has 1 unspecified atom stereocenters. The Labute approximate surface area is 131 Å². The second kappa shape index (κ2) is 8.08. The molecule has 0 fully saturated rings. The Morgan fingerprint density at radius 3 is 2.95 bits per heavy atom. The first-order chi connectivity index (χ1) is 10.2. The van der Waals surface area contributed by atoms with Gasteiger partial charge in [0.05, 0.1) is 0 Å². The van der Waals surface area contributed by atoms with Crippen LogP contribution in [0.2, 0.25) is 5.02 Å². The van der Waals surface area contributed by atoms with Gasteiger partial charge in [-0.05, 0) is 50.3 Å². The second-order valence-electron chi connectivity index (χ2n) is 5.30. The Balaban J connectivity index is 1.87. The molecule has 0 saturated carbocycles. The fraction of sp³-hybridized carbons (Fsp3) is 0.471. The highest BCUT2D eigenvalue weighted by Crippen LogP contribution is 2.19. The average molecular weight is 308 g/mol. The van der Waals surface area contributed by atoms with E-state index in [9.17, 15) is 4.79 Å². The van der Waals surface area contributed by atoms with Crippen LogP contribution in [0.5, 0.6) is 5.75 Å². The molecule has 0 saturated heterocycles. The number of carbonyl (C=O) groups excluding carboxylic acids is 1. The number of rotatable bonds is 6. The van der Waals surface area contributed by atoms with Gasteiger partial charge in [0.1, 0.15) is 5.75 Å². The van der Waals surface area contributed by atoms with Gasteiger partial charge in [-0.3, -0.25) is 4.79 Å². The van der Waals surface area contributed by atoms with E-state index in [1.807, 2.05) is 19.1 Å². The van der Waals surface area contributed by atoms with Gasteiger partial charge in [-0.1, -0.05) is 36.2 Å². The number of halogens is 1. The smallest absolute Gasteiger partial charge is 0.261 e. The van der Waals surface area contributed by atoms with Gasteiger partial charge in [0, 0.05) is 11.6 Å². The Hall–Kier alpha value is -1.48. The third-order valence-corrected chi connectivity index (χ3v) is 3.85. The van der Waals surface area contributed by atoms with Crippen molar-refractivity contribution in [3.63, 3.8) is 0 Å². The molecule has 0 aromatic heterocycles. The molecule has 21 heavy (non-hydrogen) atoms. The number of carbonyl (C=O) groups is 1. The van der Waals surface area contributed by atoms with Gasteiger partial charge in [0.15, 0.2) is 6.10 Å². The van der Waals surface area contributed by atoms with E-state index >= 15 is 0 Å². The molecule has 1 N–H and O–H groups in total. The van der Waals surface area contributed by atoms with Gasteiger partial charge in [0.25, 0.3) is 5.91 Å². The van der Waals surface area contributed by atoms with E-state index in [2.05, 4.69) is 11.4 Å². The van der Waals surface area contributed by atoms with Gasteiger partial charge in [-0.25, -0.2) is 0 Å². The average Bonchev–Trinajstić information content (AvgIpc) is 2.51. The molecule has 3 nitrogen and oxygen atoms in total. The molecule has 0 spiro atoms. The van der Waals surface area contributed by atoms with Crippen LogP contribution < -0.4 is 10.1 Å². The van der Waals surface area contributed by atoms with Crippen molar-refractivity contribution < 1.29 is 9.53 Å². The molecule has 4 heteroatoms.